The number of fused-ring (bicyclic) bond motifs is 1. The van der Waals surface area contributed by atoms with Crippen LogP contribution in [0.25, 0.3) is 10.9 Å². The molecule has 7 heteroatoms. The first-order chi connectivity index (χ1) is 14.1. The average molecular weight is 392 g/mol. The van der Waals surface area contributed by atoms with Gasteiger partial charge in [0.05, 0.1) is 19.7 Å². The van der Waals surface area contributed by atoms with Gasteiger partial charge in [0.2, 0.25) is 5.91 Å². The third kappa shape index (κ3) is 3.59. The maximum absolute atomic E-state index is 12.2. The van der Waals surface area contributed by atoms with Gasteiger partial charge in [-0.25, -0.2) is 0 Å². The number of ether oxygens (including phenoxy) is 3. The highest BCUT2D eigenvalue weighted by molar-refractivity contribution is 6.07. The average Bonchev–Trinajstić information content (AvgIpc) is 3.56. The molecule has 1 aromatic heterocycles. The van der Waals surface area contributed by atoms with E-state index in [2.05, 4.69) is 10.3 Å². The molecule has 1 fully saturated rings. The zero-order valence-corrected chi connectivity index (χ0v) is 16.1. The number of nitrogens with one attached hydrogen (secondary N) is 1. The van der Waals surface area contributed by atoms with Gasteiger partial charge in [-0.3, -0.25) is 9.78 Å². The van der Waals surface area contributed by atoms with Gasteiger partial charge >= 0.3 is 0 Å². The standard InChI is InChI=1S/C22H20N2O5/c1-27-19-11-16-17(12-20(19)28-2)23-10-7-18(16)29-15-5-3-14(4-6-15)24-21(26)22(13-25)8-9-22/h3-7,10-13H,8-9H2,1-2H3,(H,24,26). The summed E-state index contributed by atoms with van der Waals surface area (Å²) < 4.78 is 16.7. The number of pyridine rings is 1. The fourth-order valence-corrected chi connectivity index (χ4v) is 3.06. The van der Waals surface area contributed by atoms with Crippen LogP contribution in [0.4, 0.5) is 5.69 Å². The van der Waals surface area contributed by atoms with Crippen molar-refractivity contribution < 1.29 is 23.8 Å². The van der Waals surface area contributed by atoms with Gasteiger partial charge in [0, 0.05) is 23.3 Å². The molecule has 4 rings (SSSR count). The van der Waals surface area contributed by atoms with E-state index in [4.69, 9.17) is 14.2 Å². The van der Waals surface area contributed by atoms with E-state index in [9.17, 15) is 9.59 Å². The van der Waals surface area contributed by atoms with E-state index in [0.29, 0.717) is 47.0 Å². The maximum atomic E-state index is 12.2. The summed E-state index contributed by atoms with van der Waals surface area (Å²) in [6.45, 7) is 0. The van der Waals surface area contributed by atoms with Crippen LogP contribution in [0.2, 0.25) is 0 Å². The molecule has 0 unspecified atom stereocenters. The molecule has 0 radical (unpaired) electrons. The van der Waals surface area contributed by atoms with Crippen LogP contribution in [0.15, 0.2) is 48.7 Å². The van der Waals surface area contributed by atoms with Crippen molar-refractivity contribution in [2.75, 3.05) is 19.5 Å². The summed E-state index contributed by atoms with van der Waals surface area (Å²) in [6.07, 6.45) is 3.60. The van der Waals surface area contributed by atoms with E-state index in [1.165, 1.54) is 0 Å². The highest BCUT2D eigenvalue weighted by Gasteiger charge is 2.50. The van der Waals surface area contributed by atoms with Gasteiger partial charge in [-0.05, 0) is 49.2 Å². The van der Waals surface area contributed by atoms with Crippen molar-refractivity contribution in [1.82, 2.24) is 4.98 Å². The molecule has 0 atom stereocenters. The van der Waals surface area contributed by atoms with Crippen LogP contribution in [0.3, 0.4) is 0 Å². The Kier molecular flexibility index (Phi) is 4.80. The van der Waals surface area contributed by atoms with Crippen molar-refractivity contribution >= 4 is 28.8 Å². The minimum absolute atomic E-state index is 0.262. The Morgan fingerprint density at radius 1 is 1.03 bits per heavy atom. The molecule has 0 bridgehead atoms. The van der Waals surface area contributed by atoms with Gasteiger partial charge in [0.15, 0.2) is 11.5 Å². The van der Waals surface area contributed by atoms with E-state index in [0.717, 1.165) is 11.7 Å². The van der Waals surface area contributed by atoms with Crippen LogP contribution in [0.5, 0.6) is 23.0 Å². The first-order valence-electron chi connectivity index (χ1n) is 9.15. The van der Waals surface area contributed by atoms with Crippen LogP contribution in [-0.2, 0) is 9.59 Å². The smallest absolute Gasteiger partial charge is 0.237 e. The minimum Gasteiger partial charge on any atom is -0.493 e. The number of amides is 1. The van der Waals surface area contributed by atoms with E-state index in [1.807, 2.05) is 6.07 Å². The molecule has 7 nitrogen and oxygen atoms in total. The summed E-state index contributed by atoms with van der Waals surface area (Å²) >= 11 is 0. The van der Waals surface area contributed by atoms with Gasteiger partial charge in [0.1, 0.15) is 23.2 Å². The first-order valence-corrected chi connectivity index (χ1v) is 9.15. The Labute approximate surface area is 167 Å². The largest absolute Gasteiger partial charge is 0.493 e. The van der Waals surface area contributed by atoms with Crippen LogP contribution in [-0.4, -0.2) is 31.4 Å². The molecule has 1 aliphatic carbocycles. The van der Waals surface area contributed by atoms with E-state index in [1.54, 1.807) is 56.8 Å². The highest BCUT2D eigenvalue weighted by atomic mass is 16.5. The molecular formula is C22H20N2O5. The molecule has 3 aromatic rings. The highest BCUT2D eigenvalue weighted by Crippen LogP contribution is 2.44. The fraction of sp³-hybridized carbons (Fsp3) is 0.227. The van der Waals surface area contributed by atoms with Crippen molar-refractivity contribution in [1.29, 1.82) is 0 Å². The number of carbonyl (C=O) groups is 2. The molecule has 1 heterocycles. The number of anilines is 1. The summed E-state index contributed by atoms with van der Waals surface area (Å²) in [4.78, 5) is 27.6. The molecule has 0 saturated heterocycles. The van der Waals surface area contributed by atoms with Crippen molar-refractivity contribution in [3.05, 3.63) is 48.7 Å². The zero-order valence-electron chi connectivity index (χ0n) is 16.1. The van der Waals surface area contributed by atoms with Crippen molar-refractivity contribution in [3.8, 4) is 23.0 Å². The summed E-state index contributed by atoms with van der Waals surface area (Å²) in [6, 6.07) is 12.4. The van der Waals surface area contributed by atoms with Gasteiger partial charge in [-0.2, -0.15) is 0 Å². The molecule has 1 amide bonds. The number of methoxy groups -OCH3 is 2. The van der Waals surface area contributed by atoms with Gasteiger partial charge in [-0.1, -0.05) is 0 Å². The number of aromatic nitrogens is 1. The predicted octanol–water partition coefficient (Wildman–Crippen LogP) is 3.96. The minimum atomic E-state index is -0.842. The van der Waals surface area contributed by atoms with E-state index < -0.39 is 5.41 Å². The molecule has 0 spiro atoms. The summed E-state index contributed by atoms with van der Waals surface area (Å²) in [5, 5.41) is 3.56. The Bertz CT molecular complexity index is 1070. The first kappa shape index (κ1) is 18.7. The van der Waals surface area contributed by atoms with Crippen LogP contribution in [0.1, 0.15) is 12.8 Å². The molecule has 2 aromatic carbocycles. The van der Waals surface area contributed by atoms with E-state index in [-0.39, 0.29) is 5.91 Å². The monoisotopic (exact) mass is 392 g/mol. The number of rotatable bonds is 7. The number of hydrogen-bond donors (Lipinski definition) is 1. The lowest BCUT2D eigenvalue weighted by Crippen LogP contribution is -2.25. The Morgan fingerprint density at radius 2 is 1.72 bits per heavy atom. The molecule has 0 aliphatic heterocycles. The summed E-state index contributed by atoms with van der Waals surface area (Å²) in [5.41, 5.74) is 0.486. The quantitative estimate of drug-likeness (QED) is 0.484. The van der Waals surface area contributed by atoms with Gasteiger partial charge in [-0.15, -0.1) is 0 Å². The fourth-order valence-electron chi connectivity index (χ4n) is 3.06. The molecule has 1 saturated carbocycles. The second kappa shape index (κ2) is 7.43. The van der Waals surface area contributed by atoms with Crippen molar-refractivity contribution in [3.63, 3.8) is 0 Å². The third-order valence-electron chi connectivity index (χ3n) is 5.01. The lowest BCUT2D eigenvalue weighted by Gasteiger charge is -2.13. The molecule has 29 heavy (non-hydrogen) atoms. The number of carbonyl (C=O) groups excluding carboxylic acids is 2. The number of hydrogen-bond acceptors (Lipinski definition) is 6. The SMILES string of the molecule is COc1cc2nccc(Oc3ccc(NC(=O)C4(C=O)CC4)cc3)c2cc1OC. The van der Waals surface area contributed by atoms with Crippen LogP contribution < -0.4 is 19.5 Å². The lowest BCUT2D eigenvalue weighted by atomic mass is 10.1. The van der Waals surface area contributed by atoms with Gasteiger partial charge in [0.25, 0.3) is 0 Å². The summed E-state index contributed by atoms with van der Waals surface area (Å²) in [7, 11) is 3.15. The number of benzene rings is 2. The normalized spacial score (nSPS) is 14.1. The number of aldehydes is 1. The predicted molar refractivity (Wildman–Crippen MR) is 108 cm³/mol. The maximum Gasteiger partial charge on any atom is 0.237 e. The van der Waals surface area contributed by atoms with Crippen molar-refractivity contribution in [2.45, 2.75) is 12.8 Å². The Balaban J connectivity index is 1.55. The number of nitrogens with zero attached hydrogens (tertiary/aromatic N) is 1. The van der Waals surface area contributed by atoms with Gasteiger partial charge < -0.3 is 24.3 Å². The second-order valence-corrected chi connectivity index (χ2v) is 6.89. The molecule has 1 aliphatic rings. The van der Waals surface area contributed by atoms with Crippen LogP contribution >= 0.6 is 0 Å². The Hall–Kier alpha value is -3.61. The zero-order chi connectivity index (χ0) is 20.4. The molecule has 148 valence electrons. The lowest BCUT2D eigenvalue weighted by molar-refractivity contribution is -0.126. The van der Waals surface area contributed by atoms with E-state index >= 15 is 0 Å². The molecular weight excluding hydrogens is 372 g/mol. The molecule has 1 N–H and O–H groups in total. The Morgan fingerprint density at radius 3 is 2.34 bits per heavy atom. The van der Waals surface area contributed by atoms with Crippen molar-refractivity contribution in [2.24, 2.45) is 5.41 Å². The topological polar surface area (TPSA) is 86.8 Å². The third-order valence-corrected chi connectivity index (χ3v) is 5.01. The second-order valence-electron chi connectivity index (χ2n) is 6.89. The summed E-state index contributed by atoms with van der Waals surface area (Å²) in [5.74, 6) is 2.13. The van der Waals surface area contributed by atoms with Crippen LogP contribution in [0, 0.1) is 5.41 Å².